The van der Waals surface area contributed by atoms with Crippen molar-refractivity contribution in [3.8, 4) is 0 Å². The minimum Gasteiger partial charge on any atom is -0.292 e. The number of benzene rings is 1. The fourth-order valence-electron chi connectivity index (χ4n) is 2.37. The summed E-state index contributed by atoms with van der Waals surface area (Å²) in [6, 6.07) is 6.97. The molecule has 0 bridgehead atoms. The third-order valence-corrected chi connectivity index (χ3v) is 5.89. The number of rotatable bonds is 3. The number of carbonyl (C=O) groups is 1. The van der Waals surface area contributed by atoms with Crippen molar-refractivity contribution in [2.24, 2.45) is 0 Å². The third kappa shape index (κ3) is 3.90. The maximum Gasteiger partial charge on any atom is 0.179 e. The van der Waals surface area contributed by atoms with E-state index in [9.17, 15) is 13.2 Å². The number of Topliss-reactive ketones (excluding diaryl/α,β-unsaturated/α-hetero) is 1. The molecule has 0 N–H and O–H groups in total. The molecule has 4 nitrogen and oxygen atoms in total. The van der Waals surface area contributed by atoms with Crippen LogP contribution in [-0.4, -0.2) is 49.7 Å². The lowest BCUT2D eigenvalue weighted by Gasteiger charge is -2.26. The topological polar surface area (TPSA) is 54.5 Å². The number of sulfone groups is 1. The van der Waals surface area contributed by atoms with Crippen LogP contribution in [0.2, 0.25) is 0 Å². The van der Waals surface area contributed by atoms with Gasteiger partial charge in [-0.25, -0.2) is 8.42 Å². The minimum absolute atomic E-state index is 0.0387. The van der Waals surface area contributed by atoms with E-state index in [0.29, 0.717) is 25.1 Å². The maximum absolute atomic E-state index is 12.4. The second-order valence-electron chi connectivity index (χ2n) is 5.09. The van der Waals surface area contributed by atoms with E-state index in [1.165, 1.54) is 0 Å². The third-order valence-electron chi connectivity index (χ3n) is 3.65. The smallest absolute Gasteiger partial charge is 0.179 e. The zero-order chi connectivity index (χ0) is 14.8. The lowest BCUT2D eigenvalue weighted by molar-refractivity contribution is 0.0848. The van der Waals surface area contributed by atoms with Gasteiger partial charge in [0.15, 0.2) is 15.6 Å². The molecule has 0 aromatic heterocycles. The van der Waals surface area contributed by atoms with Gasteiger partial charge in [0, 0.05) is 16.6 Å². The summed E-state index contributed by atoms with van der Waals surface area (Å²) in [5.41, 5.74) is 0.660. The minimum atomic E-state index is -2.94. The molecule has 1 aromatic carbocycles. The highest BCUT2D eigenvalue weighted by Crippen LogP contribution is 2.16. The van der Waals surface area contributed by atoms with Gasteiger partial charge in [-0.2, -0.15) is 0 Å². The van der Waals surface area contributed by atoms with Crippen LogP contribution in [0.15, 0.2) is 28.7 Å². The molecule has 0 saturated carbocycles. The van der Waals surface area contributed by atoms with Crippen molar-refractivity contribution in [3.63, 3.8) is 0 Å². The largest absolute Gasteiger partial charge is 0.292 e. The number of hydrogen-bond donors (Lipinski definition) is 0. The van der Waals surface area contributed by atoms with E-state index in [4.69, 9.17) is 0 Å². The number of hydrogen-bond acceptors (Lipinski definition) is 4. The van der Waals surface area contributed by atoms with Gasteiger partial charge in [-0.3, -0.25) is 9.69 Å². The molecule has 6 heteroatoms. The molecule has 0 radical (unpaired) electrons. The predicted octanol–water partition coefficient (Wildman–Crippen LogP) is 2.14. The molecule has 1 fully saturated rings. The molecule has 1 aliphatic heterocycles. The van der Waals surface area contributed by atoms with Gasteiger partial charge in [0.25, 0.3) is 0 Å². The highest BCUT2D eigenvalue weighted by Gasteiger charge is 2.26. The summed E-state index contributed by atoms with van der Waals surface area (Å²) in [4.78, 5) is 14.4. The van der Waals surface area contributed by atoms with Gasteiger partial charge in [0.1, 0.15) is 0 Å². The van der Waals surface area contributed by atoms with Crippen molar-refractivity contribution in [1.82, 2.24) is 4.90 Å². The van der Waals surface area contributed by atoms with E-state index in [1.807, 2.05) is 24.0 Å². The highest BCUT2D eigenvalue weighted by molar-refractivity contribution is 9.10. The molecule has 1 atom stereocenters. The lowest BCUT2D eigenvalue weighted by Crippen LogP contribution is -2.40. The Balaban J connectivity index is 2.08. The average molecular weight is 360 g/mol. The van der Waals surface area contributed by atoms with Gasteiger partial charge in [-0.1, -0.05) is 28.1 Å². The predicted molar refractivity (Wildman–Crippen MR) is 82.8 cm³/mol. The van der Waals surface area contributed by atoms with Crippen molar-refractivity contribution in [2.75, 3.05) is 24.6 Å². The molecule has 1 aliphatic rings. The lowest BCUT2D eigenvalue weighted by atomic mass is 10.0. The molecule has 2 rings (SSSR count). The first-order chi connectivity index (χ1) is 9.39. The molecular formula is C14H18BrNO3S. The van der Waals surface area contributed by atoms with Crippen molar-refractivity contribution >= 4 is 31.6 Å². The van der Waals surface area contributed by atoms with Crippen LogP contribution >= 0.6 is 15.9 Å². The first-order valence-electron chi connectivity index (χ1n) is 6.63. The standard InChI is InChI=1S/C14H18BrNO3S/c1-11(14(17)12-3-5-13(15)6-4-12)16-7-2-9-20(18,19)10-8-16/h3-6,11H,2,7-10H2,1H3. The molecule has 1 saturated heterocycles. The molecule has 20 heavy (non-hydrogen) atoms. The second kappa shape index (κ2) is 6.37. The molecular weight excluding hydrogens is 342 g/mol. The van der Waals surface area contributed by atoms with Crippen LogP contribution in [0.3, 0.4) is 0 Å². The zero-order valence-corrected chi connectivity index (χ0v) is 13.8. The second-order valence-corrected chi connectivity index (χ2v) is 8.31. The Morgan fingerprint density at radius 3 is 2.50 bits per heavy atom. The number of carbonyl (C=O) groups excluding carboxylic acids is 1. The van der Waals surface area contributed by atoms with Crippen molar-refractivity contribution in [3.05, 3.63) is 34.3 Å². The normalized spacial score (nSPS) is 21.1. The summed E-state index contributed by atoms with van der Waals surface area (Å²) < 4.78 is 24.1. The van der Waals surface area contributed by atoms with E-state index in [2.05, 4.69) is 15.9 Å². The monoisotopic (exact) mass is 359 g/mol. The van der Waals surface area contributed by atoms with Gasteiger partial charge in [0.05, 0.1) is 17.5 Å². The van der Waals surface area contributed by atoms with Crippen molar-refractivity contribution in [1.29, 1.82) is 0 Å². The van der Waals surface area contributed by atoms with Crippen LogP contribution in [-0.2, 0) is 9.84 Å². The van der Waals surface area contributed by atoms with Gasteiger partial charge >= 0.3 is 0 Å². The van der Waals surface area contributed by atoms with Crippen LogP contribution in [0.5, 0.6) is 0 Å². The van der Waals surface area contributed by atoms with Crippen molar-refractivity contribution in [2.45, 2.75) is 19.4 Å². The van der Waals surface area contributed by atoms with Gasteiger partial charge in [-0.05, 0) is 32.0 Å². The fourth-order valence-corrected chi connectivity index (χ4v) is 3.92. The molecule has 0 spiro atoms. The Morgan fingerprint density at radius 2 is 1.85 bits per heavy atom. The van der Waals surface area contributed by atoms with Crippen LogP contribution in [0.25, 0.3) is 0 Å². The maximum atomic E-state index is 12.4. The summed E-state index contributed by atoms with van der Waals surface area (Å²) in [5.74, 6) is 0.407. The summed E-state index contributed by atoms with van der Waals surface area (Å²) in [6.07, 6.45) is 0.598. The van der Waals surface area contributed by atoms with E-state index in [-0.39, 0.29) is 23.3 Å². The van der Waals surface area contributed by atoms with Gasteiger partial charge in [-0.15, -0.1) is 0 Å². The van der Waals surface area contributed by atoms with Gasteiger partial charge < -0.3 is 0 Å². The first kappa shape index (κ1) is 15.7. The molecule has 0 aliphatic carbocycles. The summed E-state index contributed by atoms with van der Waals surface area (Å²) in [5, 5.41) is 0. The number of ketones is 1. The molecule has 0 amide bonds. The fraction of sp³-hybridized carbons (Fsp3) is 0.500. The first-order valence-corrected chi connectivity index (χ1v) is 9.25. The molecule has 1 heterocycles. The van der Waals surface area contributed by atoms with Crippen LogP contribution < -0.4 is 0 Å². The summed E-state index contributed by atoms with van der Waals surface area (Å²) in [7, 11) is -2.94. The molecule has 110 valence electrons. The van der Waals surface area contributed by atoms with Crippen LogP contribution in [0.4, 0.5) is 0 Å². The van der Waals surface area contributed by atoms with E-state index in [1.54, 1.807) is 12.1 Å². The van der Waals surface area contributed by atoms with Crippen molar-refractivity contribution < 1.29 is 13.2 Å². The Labute approximate surface area is 128 Å². The molecule has 1 unspecified atom stereocenters. The number of nitrogens with zero attached hydrogens (tertiary/aromatic N) is 1. The Morgan fingerprint density at radius 1 is 1.20 bits per heavy atom. The Kier molecular flexibility index (Phi) is 4.99. The quantitative estimate of drug-likeness (QED) is 0.775. The Hall–Kier alpha value is -0.720. The van der Waals surface area contributed by atoms with E-state index >= 15 is 0 Å². The highest BCUT2D eigenvalue weighted by atomic mass is 79.9. The summed E-state index contributed by atoms with van der Waals surface area (Å²) >= 11 is 3.34. The van der Waals surface area contributed by atoms with Gasteiger partial charge in [0.2, 0.25) is 0 Å². The van der Waals surface area contributed by atoms with E-state index < -0.39 is 9.84 Å². The van der Waals surface area contributed by atoms with E-state index in [0.717, 1.165) is 4.47 Å². The molecule has 1 aromatic rings. The van der Waals surface area contributed by atoms with Crippen LogP contribution in [0, 0.1) is 0 Å². The zero-order valence-electron chi connectivity index (χ0n) is 11.4. The average Bonchev–Trinajstić information content (AvgIpc) is 2.59. The Bertz CT molecular complexity index is 583. The summed E-state index contributed by atoms with van der Waals surface area (Å²) in [6.45, 7) is 2.94. The van der Waals surface area contributed by atoms with Crippen LogP contribution in [0.1, 0.15) is 23.7 Å². The SMILES string of the molecule is CC(C(=O)c1ccc(Br)cc1)N1CCCS(=O)(=O)CC1. The number of halogens is 1.